The third kappa shape index (κ3) is 3.32. The van der Waals surface area contributed by atoms with Crippen molar-refractivity contribution in [3.63, 3.8) is 0 Å². The van der Waals surface area contributed by atoms with Crippen LogP contribution < -0.4 is 5.73 Å². The molecule has 0 spiro atoms. The van der Waals surface area contributed by atoms with Gasteiger partial charge < -0.3 is 5.73 Å². The zero-order valence-corrected chi connectivity index (χ0v) is 10.2. The van der Waals surface area contributed by atoms with Gasteiger partial charge in [-0.3, -0.25) is 0 Å². The summed E-state index contributed by atoms with van der Waals surface area (Å²) < 4.78 is 0.736. The van der Waals surface area contributed by atoms with E-state index in [1.807, 2.05) is 13.8 Å². The first-order valence-electron chi connectivity index (χ1n) is 3.88. The Labute approximate surface area is 91.3 Å². The number of thiazole rings is 1. The van der Waals surface area contributed by atoms with Gasteiger partial charge in [0, 0.05) is 4.48 Å². The second-order valence-electron chi connectivity index (χ2n) is 1.87. The molecule has 1 rings (SSSR count). The molecular formula is C9H13BrN2S. The van der Waals surface area contributed by atoms with E-state index in [9.17, 15) is 0 Å². The molecule has 1 heterocycles. The number of anilines is 1. The molecule has 0 aliphatic heterocycles. The monoisotopic (exact) mass is 260 g/mol. The van der Waals surface area contributed by atoms with E-state index in [4.69, 9.17) is 5.73 Å². The Morgan fingerprint density at radius 2 is 2.15 bits per heavy atom. The Morgan fingerprint density at radius 1 is 1.62 bits per heavy atom. The van der Waals surface area contributed by atoms with Gasteiger partial charge in [0.1, 0.15) is 0 Å². The Kier molecular flexibility index (Phi) is 5.66. The van der Waals surface area contributed by atoms with Gasteiger partial charge >= 0.3 is 0 Å². The van der Waals surface area contributed by atoms with Gasteiger partial charge in [0.2, 0.25) is 0 Å². The number of hydrogen-bond acceptors (Lipinski definition) is 3. The van der Waals surface area contributed by atoms with E-state index in [1.54, 1.807) is 6.08 Å². The van der Waals surface area contributed by atoms with E-state index in [-0.39, 0.29) is 0 Å². The van der Waals surface area contributed by atoms with Gasteiger partial charge in [0.05, 0.1) is 10.6 Å². The van der Waals surface area contributed by atoms with Gasteiger partial charge in [0.25, 0.3) is 0 Å². The third-order valence-electron chi connectivity index (χ3n) is 1.11. The molecule has 0 aliphatic carbocycles. The van der Waals surface area contributed by atoms with Crippen molar-refractivity contribution in [1.29, 1.82) is 0 Å². The highest BCUT2D eigenvalue weighted by Crippen LogP contribution is 2.29. The number of nitrogens with zero attached hydrogens (tertiary/aromatic N) is 1. The normalized spacial score (nSPS) is 8.54. The Morgan fingerprint density at radius 3 is 2.46 bits per heavy atom. The quantitative estimate of drug-likeness (QED) is 0.880. The van der Waals surface area contributed by atoms with Crippen molar-refractivity contribution in [2.24, 2.45) is 0 Å². The fraction of sp³-hybridized carbons (Fsp3) is 0.222. The lowest BCUT2D eigenvalue weighted by Gasteiger charge is -1.90. The average molecular weight is 261 g/mol. The van der Waals surface area contributed by atoms with Crippen LogP contribution in [0.5, 0.6) is 0 Å². The molecule has 4 heteroatoms. The van der Waals surface area contributed by atoms with Crippen LogP contribution in [0.4, 0.5) is 5.13 Å². The maximum atomic E-state index is 5.49. The Hall–Kier alpha value is -0.610. The summed E-state index contributed by atoms with van der Waals surface area (Å²) in [6, 6.07) is 0. The van der Waals surface area contributed by atoms with Crippen LogP contribution in [0.25, 0.3) is 10.6 Å². The highest BCUT2D eigenvalue weighted by molar-refractivity contribution is 9.15. The van der Waals surface area contributed by atoms with Crippen LogP contribution >= 0.6 is 27.3 Å². The smallest absolute Gasteiger partial charge is 0.181 e. The molecule has 2 nitrogen and oxygen atoms in total. The lowest BCUT2D eigenvalue weighted by Crippen LogP contribution is -1.82. The van der Waals surface area contributed by atoms with Gasteiger partial charge in [-0.05, 0) is 22.0 Å². The number of nitrogens with two attached hydrogens (primary N) is 1. The molecule has 72 valence electrons. The fourth-order valence-electron chi connectivity index (χ4n) is 0.682. The summed E-state index contributed by atoms with van der Waals surface area (Å²) >= 11 is 4.63. The molecule has 1 aromatic rings. The highest BCUT2D eigenvalue weighted by Gasteiger charge is 2.06. The topological polar surface area (TPSA) is 38.9 Å². The first-order chi connectivity index (χ1) is 6.15. The number of hydrogen-bond donors (Lipinski definition) is 1. The van der Waals surface area contributed by atoms with Crippen molar-refractivity contribution in [1.82, 2.24) is 4.98 Å². The molecule has 0 amide bonds. The number of rotatable bonds is 2. The van der Waals surface area contributed by atoms with Gasteiger partial charge in [-0.1, -0.05) is 38.3 Å². The second-order valence-corrected chi connectivity index (χ2v) is 3.89. The minimum Gasteiger partial charge on any atom is -0.375 e. The van der Waals surface area contributed by atoms with Gasteiger partial charge in [-0.15, -0.1) is 0 Å². The van der Waals surface area contributed by atoms with Gasteiger partial charge in [0.15, 0.2) is 5.13 Å². The van der Waals surface area contributed by atoms with Crippen molar-refractivity contribution in [3.05, 3.63) is 23.7 Å². The first-order valence-corrected chi connectivity index (χ1v) is 5.49. The van der Waals surface area contributed by atoms with Crippen LogP contribution in [0.1, 0.15) is 24.4 Å². The SMILES string of the molecule is C=Cc1sc(N)nc1C(=C)Br.CC. The minimum absolute atomic E-state index is 0.538. The van der Waals surface area contributed by atoms with Crippen molar-refractivity contribution in [2.75, 3.05) is 5.73 Å². The van der Waals surface area contributed by atoms with Crippen molar-refractivity contribution < 1.29 is 0 Å². The summed E-state index contributed by atoms with van der Waals surface area (Å²) in [6.45, 7) is 11.3. The van der Waals surface area contributed by atoms with E-state index in [0.29, 0.717) is 5.13 Å². The minimum atomic E-state index is 0.538. The largest absolute Gasteiger partial charge is 0.375 e. The highest BCUT2D eigenvalue weighted by atomic mass is 79.9. The van der Waals surface area contributed by atoms with E-state index in [1.165, 1.54) is 11.3 Å². The number of aromatic nitrogens is 1. The molecule has 0 aromatic carbocycles. The van der Waals surface area contributed by atoms with Crippen LogP contribution in [0.15, 0.2) is 13.2 Å². The maximum Gasteiger partial charge on any atom is 0.181 e. The molecule has 0 aliphatic rings. The summed E-state index contributed by atoms with van der Waals surface area (Å²) in [5, 5.41) is 0.538. The fourth-order valence-corrected chi connectivity index (χ4v) is 1.83. The molecule has 0 atom stereocenters. The molecule has 0 bridgehead atoms. The molecule has 0 radical (unpaired) electrons. The predicted octanol–water partition coefficient (Wildman–Crippen LogP) is 3.76. The Balaban J connectivity index is 0.000000671. The molecule has 0 saturated heterocycles. The van der Waals surface area contributed by atoms with Crippen LogP contribution in [-0.4, -0.2) is 4.98 Å². The van der Waals surface area contributed by atoms with Gasteiger partial charge in [-0.2, -0.15) is 0 Å². The number of halogens is 1. The summed E-state index contributed by atoms with van der Waals surface area (Å²) in [7, 11) is 0. The number of nitrogen functional groups attached to an aromatic ring is 1. The Bertz CT molecular complexity index is 305. The summed E-state index contributed by atoms with van der Waals surface area (Å²) in [5.74, 6) is 0. The van der Waals surface area contributed by atoms with E-state index < -0.39 is 0 Å². The molecule has 0 saturated carbocycles. The predicted molar refractivity (Wildman–Crippen MR) is 65.9 cm³/mol. The van der Waals surface area contributed by atoms with E-state index >= 15 is 0 Å². The van der Waals surface area contributed by atoms with Gasteiger partial charge in [-0.25, -0.2) is 4.98 Å². The molecular weight excluding hydrogens is 248 g/mol. The molecule has 1 aromatic heterocycles. The van der Waals surface area contributed by atoms with E-state index in [2.05, 4.69) is 34.1 Å². The van der Waals surface area contributed by atoms with Crippen LogP contribution in [0.3, 0.4) is 0 Å². The zero-order valence-electron chi connectivity index (χ0n) is 7.80. The molecule has 2 N–H and O–H groups in total. The van der Waals surface area contributed by atoms with Crippen LogP contribution in [-0.2, 0) is 0 Å². The molecule has 0 fully saturated rings. The second kappa shape index (κ2) is 5.94. The zero-order chi connectivity index (χ0) is 10.4. The summed E-state index contributed by atoms with van der Waals surface area (Å²) in [6.07, 6.45) is 1.72. The standard InChI is InChI=1S/C7H7BrN2S.C2H6/c1-3-5-6(4(2)8)10-7(9)11-5;1-2/h3H,1-2H2,(H2,9,10);1-2H3. The summed E-state index contributed by atoms with van der Waals surface area (Å²) in [4.78, 5) is 5.01. The average Bonchev–Trinajstić information content (AvgIpc) is 2.50. The van der Waals surface area contributed by atoms with E-state index in [0.717, 1.165) is 15.1 Å². The summed E-state index contributed by atoms with van der Waals surface area (Å²) in [5.41, 5.74) is 6.27. The lowest BCUT2D eigenvalue weighted by atomic mass is 10.3. The van der Waals surface area contributed by atoms with Crippen molar-refractivity contribution in [3.8, 4) is 0 Å². The van der Waals surface area contributed by atoms with Crippen molar-refractivity contribution >= 4 is 43.0 Å². The van der Waals surface area contributed by atoms with Crippen molar-refractivity contribution in [2.45, 2.75) is 13.8 Å². The lowest BCUT2D eigenvalue weighted by molar-refractivity contribution is 1.38. The molecule has 0 unspecified atom stereocenters. The van der Waals surface area contributed by atoms with Crippen LogP contribution in [0, 0.1) is 0 Å². The van der Waals surface area contributed by atoms with Crippen LogP contribution in [0.2, 0.25) is 0 Å². The molecule has 13 heavy (non-hydrogen) atoms. The first kappa shape index (κ1) is 12.4. The maximum absolute atomic E-state index is 5.49. The third-order valence-corrected chi connectivity index (χ3v) is 2.37.